The highest BCUT2D eigenvalue weighted by atomic mass is 35.5. The molecule has 0 saturated carbocycles. The number of allylic oxidation sites excluding steroid dienone is 1. The van der Waals surface area contributed by atoms with Gasteiger partial charge in [-0.3, -0.25) is 0 Å². The molecule has 1 aliphatic heterocycles. The van der Waals surface area contributed by atoms with Crippen molar-refractivity contribution in [2.75, 3.05) is 19.0 Å². The summed E-state index contributed by atoms with van der Waals surface area (Å²) in [7, 11) is 1.60. The van der Waals surface area contributed by atoms with Crippen molar-refractivity contribution in [1.29, 1.82) is 0 Å². The standard InChI is InChI=1S/C23H23ClN4O3S/c1-4-31-21(29)19-14(2)25-22-26-23(32-13-15-9-5-7-11-17(15)24)27-28(22)20(19)16-10-6-8-12-18(16)30-3/h5-12,20H,4,13H2,1-3H3,(H,25,26,27)/t20-/m1/s1. The van der Waals surface area contributed by atoms with Crippen molar-refractivity contribution < 1.29 is 14.3 Å². The summed E-state index contributed by atoms with van der Waals surface area (Å²) in [5.74, 6) is 1.42. The molecule has 0 unspecified atom stereocenters. The zero-order chi connectivity index (χ0) is 22.7. The van der Waals surface area contributed by atoms with Gasteiger partial charge in [0.25, 0.3) is 0 Å². The van der Waals surface area contributed by atoms with Crippen molar-refractivity contribution in [3.63, 3.8) is 0 Å². The number of nitrogens with zero attached hydrogens (tertiary/aromatic N) is 3. The quantitative estimate of drug-likeness (QED) is 0.381. The predicted octanol–water partition coefficient (Wildman–Crippen LogP) is 5.08. The van der Waals surface area contributed by atoms with Crippen LogP contribution < -0.4 is 10.1 Å². The molecule has 0 amide bonds. The largest absolute Gasteiger partial charge is 0.496 e. The average molecular weight is 471 g/mol. The molecular weight excluding hydrogens is 448 g/mol. The Hall–Kier alpha value is -2.97. The zero-order valence-corrected chi connectivity index (χ0v) is 19.5. The molecule has 4 rings (SSSR count). The van der Waals surface area contributed by atoms with Crippen molar-refractivity contribution >= 4 is 35.3 Å². The minimum Gasteiger partial charge on any atom is -0.496 e. The average Bonchev–Trinajstić information content (AvgIpc) is 3.20. The SMILES string of the molecule is CCOC(=O)C1=C(C)Nc2nc(SCc3ccccc3Cl)nn2[C@@H]1c1ccccc1OC. The van der Waals surface area contributed by atoms with Crippen molar-refractivity contribution in [2.24, 2.45) is 0 Å². The van der Waals surface area contributed by atoms with Crippen LogP contribution in [0, 0.1) is 0 Å². The van der Waals surface area contributed by atoms with E-state index in [2.05, 4.69) is 10.3 Å². The first kappa shape index (κ1) is 22.2. The fourth-order valence-electron chi connectivity index (χ4n) is 3.60. The molecule has 2 aromatic carbocycles. The Bertz CT molecular complexity index is 1180. The van der Waals surface area contributed by atoms with E-state index in [4.69, 9.17) is 26.2 Å². The van der Waals surface area contributed by atoms with E-state index in [-0.39, 0.29) is 6.61 Å². The molecule has 0 bridgehead atoms. The Morgan fingerprint density at radius 2 is 1.97 bits per heavy atom. The lowest BCUT2D eigenvalue weighted by molar-refractivity contribution is -0.139. The van der Waals surface area contributed by atoms with Gasteiger partial charge in [0.1, 0.15) is 11.8 Å². The number of aromatic nitrogens is 3. The van der Waals surface area contributed by atoms with E-state index in [9.17, 15) is 4.79 Å². The molecule has 3 aromatic rings. The molecule has 1 atom stereocenters. The molecule has 1 N–H and O–H groups in total. The minimum absolute atomic E-state index is 0.275. The van der Waals surface area contributed by atoms with Gasteiger partial charge >= 0.3 is 5.97 Å². The number of ether oxygens (including phenoxy) is 2. The van der Waals surface area contributed by atoms with Gasteiger partial charge in [-0.2, -0.15) is 4.98 Å². The van der Waals surface area contributed by atoms with Gasteiger partial charge in [-0.05, 0) is 31.5 Å². The van der Waals surface area contributed by atoms with E-state index >= 15 is 0 Å². The third kappa shape index (κ3) is 4.33. The number of nitrogens with one attached hydrogen (secondary N) is 1. The molecule has 0 spiro atoms. The van der Waals surface area contributed by atoms with Crippen LogP contribution in [0.3, 0.4) is 0 Å². The number of anilines is 1. The van der Waals surface area contributed by atoms with Crippen LogP contribution in [0.4, 0.5) is 5.95 Å². The van der Waals surface area contributed by atoms with Gasteiger partial charge in [-0.15, -0.1) is 5.10 Å². The molecule has 2 heterocycles. The Balaban J connectivity index is 1.74. The Morgan fingerprint density at radius 1 is 1.22 bits per heavy atom. The number of esters is 1. The number of thioether (sulfide) groups is 1. The van der Waals surface area contributed by atoms with Crippen LogP contribution in [0.5, 0.6) is 5.75 Å². The molecule has 7 nitrogen and oxygen atoms in total. The second-order valence-electron chi connectivity index (χ2n) is 7.07. The van der Waals surface area contributed by atoms with Crippen LogP contribution in [0.1, 0.15) is 31.0 Å². The predicted molar refractivity (Wildman–Crippen MR) is 125 cm³/mol. The first-order chi connectivity index (χ1) is 15.5. The summed E-state index contributed by atoms with van der Waals surface area (Å²) >= 11 is 7.76. The number of benzene rings is 2. The lowest BCUT2D eigenvalue weighted by Gasteiger charge is -2.28. The number of fused-ring (bicyclic) bond motifs is 1. The molecule has 1 aromatic heterocycles. The van der Waals surface area contributed by atoms with Crippen LogP contribution in [-0.2, 0) is 15.3 Å². The van der Waals surface area contributed by atoms with Gasteiger partial charge < -0.3 is 14.8 Å². The minimum atomic E-state index is -0.538. The van der Waals surface area contributed by atoms with Gasteiger partial charge in [0.15, 0.2) is 0 Å². The van der Waals surface area contributed by atoms with Crippen LogP contribution in [0.2, 0.25) is 5.02 Å². The molecule has 0 saturated heterocycles. The number of methoxy groups -OCH3 is 1. The smallest absolute Gasteiger partial charge is 0.338 e. The maximum atomic E-state index is 12.9. The number of carbonyl (C=O) groups excluding carboxylic acids is 1. The molecule has 1 aliphatic rings. The normalized spacial score (nSPS) is 15.2. The van der Waals surface area contributed by atoms with Gasteiger partial charge in [-0.25, -0.2) is 9.48 Å². The summed E-state index contributed by atoms with van der Waals surface area (Å²) < 4.78 is 12.7. The first-order valence-corrected chi connectivity index (χ1v) is 11.5. The number of hydrogen-bond acceptors (Lipinski definition) is 7. The van der Waals surface area contributed by atoms with Crippen molar-refractivity contribution in [1.82, 2.24) is 14.8 Å². The lowest BCUT2D eigenvalue weighted by Crippen LogP contribution is -2.30. The summed E-state index contributed by atoms with van der Waals surface area (Å²) in [5, 5.41) is 9.20. The second kappa shape index (κ2) is 9.67. The number of rotatable bonds is 7. The highest BCUT2D eigenvalue weighted by Crippen LogP contribution is 2.40. The van der Waals surface area contributed by atoms with Crippen LogP contribution in [0.25, 0.3) is 0 Å². The Morgan fingerprint density at radius 3 is 2.72 bits per heavy atom. The monoisotopic (exact) mass is 470 g/mol. The molecule has 9 heteroatoms. The summed E-state index contributed by atoms with van der Waals surface area (Å²) in [6.45, 7) is 3.90. The van der Waals surface area contributed by atoms with Crippen molar-refractivity contribution in [3.8, 4) is 5.75 Å². The van der Waals surface area contributed by atoms with E-state index in [0.29, 0.717) is 38.9 Å². The van der Waals surface area contributed by atoms with Crippen molar-refractivity contribution in [2.45, 2.75) is 30.8 Å². The lowest BCUT2D eigenvalue weighted by atomic mass is 9.95. The third-order valence-electron chi connectivity index (χ3n) is 5.08. The van der Waals surface area contributed by atoms with Gasteiger partial charge in [-0.1, -0.05) is 59.8 Å². The van der Waals surface area contributed by atoms with E-state index in [1.54, 1.807) is 18.7 Å². The van der Waals surface area contributed by atoms with E-state index < -0.39 is 12.0 Å². The fourth-order valence-corrected chi connectivity index (χ4v) is 4.72. The Labute approximate surface area is 195 Å². The number of carbonyl (C=O) groups is 1. The van der Waals surface area contributed by atoms with Gasteiger partial charge in [0.05, 0.1) is 19.3 Å². The molecule has 0 aliphatic carbocycles. The van der Waals surface area contributed by atoms with Crippen LogP contribution >= 0.6 is 23.4 Å². The summed E-state index contributed by atoms with van der Waals surface area (Å²) in [5.41, 5.74) is 2.94. The highest BCUT2D eigenvalue weighted by molar-refractivity contribution is 7.98. The van der Waals surface area contributed by atoms with E-state index in [0.717, 1.165) is 11.1 Å². The molecule has 0 fully saturated rings. The molecule has 0 radical (unpaired) electrons. The summed E-state index contributed by atoms with van der Waals surface area (Å²) in [4.78, 5) is 17.6. The maximum absolute atomic E-state index is 12.9. The van der Waals surface area contributed by atoms with Crippen LogP contribution in [-0.4, -0.2) is 34.5 Å². The number of hydrogen-bond donors (Lipinski definition) is 1. The topological polar surface area (TPSA) is 78.3 Å². The fraction of sp³-hybridized carbons (Fsp3) is 0.261. The molecule has 32 heavy (non-hydrogen) atoms. The molecular formula is C23H23ClN4O3S. The van der Waals surface area contributed by atoms with E-state index in [1.165, 1.54) is 11.8 Å². The van der Waals surface area contributed by atoms with Crippen LogP contribution in [0.15, 0.2) is 65.0 Å². The van der Waals surface area contributed by atoms with Crippen molar-refractivity contribution in [3.05, 3.63) is 76.0 Å². The Kier molecular flexibility index (Phi) is 6.72. The highest BCUT2D eigenvalue weighted by Gasteiger charge is 2.36. The number of halogens is 1. The first-order valence-electron chi connectivity index (χ1n) is 10.1. The third-order valence-corrected chi connectivity index (χ3v) is 6.33. The second-order valence-corrected chi connectivity index (χ2v) is 8.42. The summed E-state index contributed by atoms with van der Waals surface area (Å²) in [6.07, 6.45) is 0. The van der Waals surface area contributed by atoms with E-state index in [1.807, 2.05) is 55.5 Å². The summed E-state index contributed by atoms with van der Waals surface area (Å²) in [6, 6.07) is 14.7. The van der Waals surface area contributed by atoms with Gasteiger partial charge in [0, 0.05) is 22.0 Å². The zero-order valence-electron chi connectivity index (χ0n) is 18.0. The molecule has 166 valence electrons. The maximum Gasteiger partial charge on any atom is 0.338 e. The van der Waals surface area contributed by atoms with Gasteiger partial charge in [0.2, 0.25) is 11.1 Å². The number of para-hydroxylation sites is 1.